The van der Waals surface area contributed by atoms with Crippen LogP contribution in [-0.2, 0) is 11.3 Å². The van der Waals surface area contributed by atoms with E-state index in [1.165, 1.54) is 0 Å². The van der Waals surface area contributed by atoms with Crippen LogP contribution in [0.4, 0.5) is 5.13 Å². The van der Waals surface area contributed by atoms with Gasteiger partial charge in [-0.15, -0.1) is 10.2 Å². The molecule has 1 aliphatic rings. The highest BCUT2D eigenvalue weighted by Crippen LogP contribution is 2.29. The molecule has 152 valence electrons. The fraction of sp³-hybridized carbons (Fsp3) is 0.381. The summed E-state index contributed by atoms with van der Waals surface area (Å²) in [7, 11) is 0. The molecule has 0 radical (unpaired) electrons. The summed E-state index contributed by atoms with van der Waals surface area (Å²) >= 11 is 5.12. The zero-order valence-corrected chi connectivity index (χ0v) is 19.0. The molecule has 0 spiro atoms. The Morgan fingerprint density at radius 3 is 2.66 bits per heavy atom. The van der Waals surface area contributed by atoms with Crippen molar-refractivity contribution in [3.05, 3.63) is 57.8 Å². The van der Waals surface area contributed by atoms with E-state index in [4.69, 9.17) is 0 Å². The molecule has 0 aliphatic carbocycles. The minimum atomic E-state index is -0.0337. The first-order valence-electron chi connectivity index (χ1n) is 9.78. The summed E-state index contributed by atoms with van der Waals surface area (Å²) in [6.45, 7) is 6.26. The fourth-order valence-corrected chi connectivity index (χ4v) is 5.16. The summed E-state index contributed by atoms with van der Waals surface area (Å²) in [5, 5.41) is 13.7. The summed E-state index contributed by atoms with van der Waals surface area (Å²) in [5.41, 5.74) is 3.38. The van der Waals surface area contributed by atoms with E-state index in [1.54, 1.807) is 11.3 Å². The van der Waals surface area contributed by atoms with Gasteiger partial charge in [0, 0.05) is 35.5 Å². The quantitative estimate of drug-likeness (QED) is 0.601. The van der Waals surface area contributed by atoms with Crippen molar-refractivity contribution in [3.63, 3.8) is 0 Å². The Morgan fingerprint density at radius 1 is 1.17 bits per heavy atom. The van der Waals surface area contributed by atoms with Gasteiger partial charge in [-0.3, -0.25) is 9.36 Å². The van der Waals surface area contributed by atoms with Gasteiger partial charge in [0.15, 0.2) is 0 Å². The highest BCUT2D eigenvalue weighted by atomic mass is 79.9. The van der Waals surface area contributed by atoms with Gasteiger partial charge in [-0.25, -0.2) is 0 Å². The van der Waals surface area contributed by atoms with Crippen LogP contribution in [0.25, 0.3) is 5.13 Å². The van der Waals surface area contributed by atoms with Gasteiger partial charge in [0.1, 0.15) is 0 Å². The molecule has 2 aromatic heterocycles. The van der Waals surface area contributed by atoms with Crippen molar-refractivity contribution in [3.8, 4) is 5.13 Å². The number of benzene rings is 1. The van der Waals surface area contributed by atoms with Crippen LogP contribution in [-0.4, -0.2) is 33.8 Å². The Bertz CT molecular complexity index is 995. The van der Waals surface area contributed by atoms with Crippen LogP contribution >= 0.6 is 27.3 Å². The number of amides is 1. The second-order valence-corrected chi connectivity index (χ2v) is 9.20. The second kappa shape index (κ2) is 8.67. The maximum Gasteiger partial charge on any atom is 0.225 e. The lowest BCUT2D eigenvalue weighted by Gasteiger charge is -2.31. The Kier molecular flexibility index (Phi) is 6.01. The summed E-state index contributed by atoms with van der Waals surface area (Å²) in [4.78, 5) is 14.9. The summed E-state index contributed by atoms with van der Waals surface area (Å²) < 4.78 is 3.13. The number of hydrogen-bond acceptors (Lipinski definition) is 5. The van der Waals surface area contributed by atoms with Gasteiger partial charge in [-0.2, -0.15) is 0 Å². The number of piperidine rings is 1. The van der Waals surface area contributed by atoms with Gasteiger partial charge < -0.3 is 10.2 Å². The van der Waals surface area contributed by atoms with Crippen molar-refractivity contribution in [2.24, 2.45) is 5.92 Å². The van der Waals surface area contributed by atoms with E-state index in [0.717, 1.165) is 51.1 Å². The SMILES string of the molecule is Cc1ccc(C)n1-c1nnc(N2CCCC(C(=O)NCc3ccccc3Br)C2)s1. The van der Waals surface area contributed by atoms with Crippen LogP contribution < -0.4 is 10.2 Å². The number of nitrogens with zero attached hydrogens (tertiary/aromatic N) is 4. The number of aromatic nitrogens is 3. The van der Waals surface area contributed by atoms with E-state index in [-0.39, 0.29) is 11.8 Å². The third-order valence-electron chi connectivity index (χ3n) is 5.34. The third-order valence-corrected chi connectivity index (χ3v) is 7.08. The molecule has 3 heterocycles. The summed E-state index contributed by atoms with van der Waals surface area (Å²) in [6, 6.07) is 12.1. The van der Waals surface area contributed by atoms with Crippen LogP contribution in [0.3, 0.4) is 0 Å². The Hall–Kier alpha value is -2.19. The second-order valence-electron chi connectivity index (χ2n) is 7.41. The van der Waals surface area contributed by atoms with Gasteiger partial charge in [0.25, 0.3) is 0 Å². The topological polar surface area (TPSA) is 63.1 Å². The lowest BCUT2D eigenvalue weighted by atomic mass is 9.97. The Labute approximate surface area is 183 Å². The van der Waals surface area contributed by atoms with Crippen molar-refractivity contribution >= 4 is 38.3 Å². The molecule has 0 bridgehead atoms. The van der Waals surface area contributed by atoms with Gasteiger partial charge in [-0.1, -0.05) is 45.5 Å². The van der Waals surface area contributed by atoms with Crippen LogP contribution in [0.15, 0.2) is 40.9 Å². The first-order valence-corrected chi connectivity index (χ1v) is 11.4. The molecule has 4 rings (SSSR count). The largest absolute Gasteiger partial charge is 0.352 e. The van der Waals surface area contributed by atoms with Crippen molar-refractivity contribution < 1.29 is 4.79 Å². The Balaban J connectivity index is 1.41. The maximum atomic E-state index is 12.8. The molecule has 1 aromatic carbocycles. The van der Waals surface area contributed by atoms with Crippen LogP contribution in [0.1, 0.15) is 29.8 Å². The first-order chi connectivity index (χ1) is 14.0. The molecule has 1 amide bonds. The zero-order chi connectivity index (χ0) is 20.4. The number of hydrogen-bond donors (Lipinski definition) is 1. The zero-order valence-electron chi connectivity index (χ0n) is 16.6. The summed E-state index contributed by atoms with van der Waals surface area (Å²) in [5.74, 6) is 0.0703. The number of aryl methyl sites for hydroxylation is 2. The van der Waals surface area contributed by atoms with Gasteiger partial charge in [0.05, 0.1) is 5.92 Å². The minimum absolute atomic E-state index is 0.0337. The molecule has 8 heteroatoms. The molecule has 29 heavy (non-hydrogen) atoms. The highest BCUT2D eigenvalue weighted by Gasteiger charge is 2.28. The van der Waals surface area contributed by atoms with E-state index in [9.17, 15) is 4.79 Å². The number of halogens is 1. The van der Waals surface area contributed by atoms with Crippen LogP contribution in [0, 0.1) is 19.8 Å². The molecular weight excluding hydrogens is 450 g/mol. The Morgan fingerprint density at radius 2 is 1.90 bits per heavy atom. The molecule has 0 saturated carbocycles. The standard InChI is InChI=1S/C21H24BrN5OS/c1-14-9-10-15(2)27(14)21-25-24-20(29-21)26-11-5-7-17(13-26)19(28)23-12-16-6-3-4-8-18(16)22/h3-4,6,8-10,17H,5,7,11-13H2,1-2H3,(H,23,28). The third kappa shape index (κ3) is 4.38. The molecule has 1 aliphatic heterocycles. The molecule has 6 nitrogen and oxygen atoms in total. The van der Waals surface area contributed by atoms with Crippen molar-refractivity contribution in [2.45, 2.75) is 33.2 Å². The molecule has 3 aromatic rings. The average molecular weight is 474 g/mol. The lowest BCUT2D eigenvalue weighted by molar-refractivity contribution is -0.125. The number of carbonyl (C=O) groups excluding carboxylic acids is 1. The number of anilines is 1. The fourth-order valence-electron chi connectivity index (χ4n) is 3.73. The molecule has 1 unspecified atom stereocenters. The van der Waals surface area contributed by atoms with E-state index < -0.39 is 0 Å². The number of nitrogens with one attached hydrogen (secondary N) is 1. The van der Waals surface area contributed by atoms with E-state index in [2.05, 4.69) is 66.9 Å². The molecule has 1 N–H and O–H groups in total. The predicted molar refractivity (Wildman–Crippen MR) is 120 cm³/mol. The number of rotatable bonds is 5. The smallest absolute Gasteiger partial charge is 0.225 e. The van der Waals surface area contributed by atoms with Crippen LogP contribution in [0.2, 0.25) is 0 Å². The van der Waals surface area contributed by atoms with Crippen molar-refractivity contribution in [2.75, 3.05) is 18.0 Å². The molecule has 1 fully saturated rings. The van der Waals surface area contributed by atoms with Gasteiger partial charge >= 0.3 is 0 Å². The molecule has 1 saturated heterocycles. The van der Waals surface area contributed by atoms with Crippen LogP contribution in [0.5, 0.6) is 0 Å². The van der Waals surface area contributed by atoms with Gasteiger partial charge in [-0.05, 0) is 50.5 Å². The number of carbonyl (C=O) groups is 1. The summed E-state index contributed by atoms with van der Waals surface area (Å²) in [6.07, 6.45) is 1.88. The lowest BCUT2D eigenvalue weighted by Crippen LogP contribution is -2.43. The maximum absolute atomic E-state index is 12.8. The van der Waals surface area contributed by atoms with E-state index >= 15 is 0 Å². The molecular formula is C21H24BrN5OS. The highest BCUT2D eigenvalue weighted by molar-refractivity contribution is 9.10. The first kappa shape index (κ1) is 20.1. The molecule has 1 atom stereocenters. The van der Waals surface area contributed by atoms with Crippen molar-refractivity contribution in [1.29, 1.82) is 0 Å². The van der Waals surface area contributed by atoms with Gasteiger partial charge in [0.2, 0.25) is 16.2 Å². The normalized spacial score (nSPS) is 16.8. The monoisotopic (exact) mass is 473 g/mol. The minimum Gasteiger partial charge on any atom is -0.352 e. The van der Waals surface area contributed by atoms with E-state index in [1.807, 2.05) is 24.3 Å². The van der Waals surface area contributed by atoms with Crippen molar-refractivity contribution in [1.82, 2.24) is 20.1 Å². The average Bonchev–Trinajstić information content (AvgIpc) is 3.33. The van der Waals surface area contributed by atoms with E-state index in [0.29, 0.717) is 13.1 Å². The predicted octanol–water partition coefficient (Wildman–Crippen LogP) is 4.24.